The smallest absolute Gasteiger partial charge is 0.410 e. The molecule has 0 aliphatic rings. The standard InChI is InChI=1S/C14H21N3O7/c1-8(23-12(21)14(2,3)4)24-13(22)17-10(11(19)20)6-5-9(18)7-16-15/h7-8,10H,5-6H2,1-4H3,(H,17,22)(H,19,20)/t8-,10?/m0/s1. The number of esters is 1. The number of ketones is 1. The number of Topliss-reactive ketones (excluding diaryl/α,β-unsaturated/α-hetero) is 1. The molecule has 1 unspecified atom stereocenters. The molecule has 0 saturated heterocycles. The van der Waals surface area contributed by atoms with Gasteiger partial charge >= 0.3 is 24.2 Å². The van der Waals surface area contributed by atoms with Crippen molar-refractivity contribution >= 4 is 30.0 Å². The number of carbonyl (C=O) groups excluding carboxylic acids is 3. The molecule has 10 nitrogen and oxygen atoms in total. The van der Waals surface area contributed by atoms with Crippen LogP contribution in [-0.2, 0) is 23.9 Å². The van der Waals surface area contributed by atoms with E-state index in [9.17, 15) is 19.2 Å². The summed E-state index contributed by atoms with van der Waals surface area (Å²) in [4.78, 5) is 48.0. The van der Waals surface area contributed by atoms with E-state index in [4.69, 9.17) is 20.1 Å². The van der Waals surface area contributed by atoms with E-state index in [0.717, 1.165) is 0 Å². The van der Waals surface area contributed by atoms with Gasteiger partial charge in [0.2, 0.25) is 12.1 Å². The topological polar surface area (TPSA) is 155 Å². The monoisotopic (exact) mass is 343 g/mol. The van der Waals surface area contributed by atoms with Gasteiger partial charge in [0.15, 0.2) is 0 Å². The first-order valence-electron chi connectivity index (χ1n) is 7.08. The zero-order valence-corrected chi connectivity index (χ0v) is 13.9. The molecule has 0 spiro atoms. The maximum Gasteiger partial charge on any atom is 0.410 e. The van der Waals surface area contributed by atoms with Crippen LogP contribution in [0, 0.1) is 5.41 Å². The van der Waals surface area contributed by atoms with Crippen LogP contribution in [0.3, 0.4) is 0 Å². The first kappa shape index (κ1) is 21.3. The van der Waals surface area contributed by atoms with E-state index in [-0.39, 0.29) is 12.8 Å². The van der Waals surface area contributed by atoms with Crippen LogP contribution in [0.2, 0.25) is 0 Å². The third-order valence-corrected chi connectivity index (χ3v) is 2.63. The molecular weight excluding hydrogens is 322 g/mol. The molecule has 134 valence electrons. The molecule has 2 N–H and O–H groups in total. The van der Waals surface area contributed by atoms with Gasteiger partial charge in [-0.1, -0.05) is 0 Å². The van der Waals surface area contributed by atoms with Crippen molar-refractivity contribution in [1.82, 2.24) is 5.32 Å². The van der Waals surface area contributed by atoms with E-state index < -0.39 is 41.6 Å². The maximum absolute atomic E-state index is 11.6. The van der Waals surface area contributed by atoms with Crippen LogP contribution < -0.4 is 5.32 Å². The Bertz CT molecular complexity index is 547. The fourth-order valence-corrected chi connectivity index (χ4v) is 1.35. The summed E-state index contributed by atoms with van der Waals surface area (Å²) >= 11 is 0. The van der Waals surface area contributed by atoms with E-state index >= 15 is 0 Å². The number of carboxylic acid groups (broad SMARTS) is 1. The van der Waals surface area contributed by atoms with E-state index in [0.29, 0.717) is 6.21 Å². The Morgan fingerprint density at radius 1 is 1.25 bits per heavy atom. The summed E-state index contributed by atoms with van der Waals surface area (Å²) in [5.41, 5.74) is 7.40. The van der Waals surface area contributed by atoms with Crippen molar-refractivity contribution in [3.63, 3.8) is 0 Å². The number of hydrogen-bond donors (Lipinski definition) is 2. The Morgan fingerprint density at radius 3 is 2.29 bits per heavy atom. The molecule has 0 aromatic carbocycles. The second kappa shape index (κ2) is 9.41. The number of nitrogens with zero attached hydrogens (tertiary/aromatic N) is 2. The minimum Gasteiger partial charge on any atom is -0.480 e. The van der Waals surface area contributed by atoms with Crippen LogP contribution in [-0.4, -0.2) is 52.3 Å². The number of alkyl carbamates (subject to hydrolysis) is 1. The first-order chi connectivity index (χ1) is 11.0. The highest BCUT2D eigenvalue weighted by Gasteiger charge is 2.27. The summed E-state index contributed by atoms with van der Waals surface area (Å²) in [6, 6.07) is -1.39. The van der Waals surface area contributed by atoms with Crippen molar-refractivity contribution in [2.24, 2.45) is 5.41 Å². The SMILES string of the molecule is C[C@H](OC(=O)NC(CCC(=O)C=[N+]=[N-])C(=O)O)OC(=O)C(C)(C)C. The number of rotatable bonds is 8. The molecule has 2 atom stereocenters. The Morgan fingerprint density at radius 2 is 1.83 bits per heavy atom. The van der Waals surface area contributed by atoms with Gasteiger partial charge in [-0.15, -0.1) is 0 Å². The molecule has 1 amide bonds. The molecular formula is C14H21N3O7. The molecule has 0 heterocycles. The number of carboxylic acids is 1. The molecule has 0 bridgehead atoms. The third-order valence-electron chi connectivity index (χ3n) is 2.63. The summed E-state index contributed by atoms with van der Waals surface area (Å²) in [6.45, 7) is 6.17. The summed E-state index contributed by atoms with van der Waals surface area (Å²) in [5.74, 6) is -2.57. The fraction of sp³-hybridized carbons (Fsp3) is 0.643. The summed E-state index contributed by atoms with van der Waals surface area (Å²) in [6.07, 6.45) is -2.18. The molecule has 0 rings (SSSR count). The Kier molecular flexibility index (Phi) is 8.34. The number of carbonyl (C=O) groups is 4. The lowest BCUT2D eigenvalue weighted by Gasteiger charge is -2.21. The Labute approximate surface area is 138 Å². The molecule has 0 radical (unpaired) electrons. The van der Waals surface area contributed by atoms with Crippen molar-refractivity contribution in [2.45, 2.75) is 52.9 Å². The van der Waals surface area contributed by atoms with Crippen molar-refractivity contribution < 1.29 is 38.5 Å². The summed E-state index contributed by atoms with van der Waals surface area (Å²) in [5, 5.41) is 11.0. The second-order valence-corrected chi connectivity index (χ2v) is 5.91. The van der Waals surface area contributed by atoms with Gasteiger partial charge in [0.05, 0.1) is 5.41 Å². The summed E-state index contributed by atoms with van der Waals surface area (Å²) < 4.78 is 9.63. The summed E-state index contributed by atoms with van der Waals surface area (Å²) in [7, 11) is 0. The number of nitrogens with one attached hydrogen (secondary N) is 1. The molecule has 10 heteroatoms. The molecule has 0 aromatic heterocycles. The van der Waals surface area contributed by atoms with Crippen molar-refractivity contribution in [3.05, 3.63) is 5.53 Å². The van der Waals surface area contributed by atoms with Gasteiger partial charge in [-0.05, 0) is 27.2 Å². The predicted octanol–water partition coefficient (Wildman–Crippen LogP) is 0.751. The van der Waals surface area contributed by atoms with Gasteiger partial charge < -0.3 is 25.4 Å². The van der Waals surface area contributed by atoms with Crippen molar-refractivity contribution in [3.8, 4) is 0 Å². The van der Waals surface area contributed by atoms with Gasteiger partial charge in [-0.2, -0.15) is 4.79 Å². The van der Waals surface area contributed by atoms with Gasteiger partial charge in [0, 0.05) is 13.3 Å². The fourth-order valence-electron chi connectivity index (χ4n) is 1.35. The molecule has 0 saturated carbocycles. The number of amides is 1. The van der Waals surface area contributed by atoms with E-state index in [1.165, 1.54) is 6.92 Å². The Balaban J connectivity index is 4.52. The van der Waals surface area contributed by atoms with E-state index in [1.807, 2.05) is 5.32 Å². The second-order valence-electron chi connectivity index (χ2n) is 5.91. The average Bonchev–Trinajstić information content (AvgIpc) is 2.41. The lowest BCUT2D eigenvalue weighted by molar-refractivity contribution is -0.174. The highest BCUT2D eigenvalue weighted by atomic mass is 16.7. The van der Waals surface area contributed by atoms with Gasteiger partial charge in [-0.25, -0.2) is 9.59 Å². The van der Waals surface area contributed by atoms with Crippen molar-refractivity contribution in [1.29, 1.82) is 0 Å². The lowest BCUT2D eigenvalue weighted by Crippen LogP contribution is -2.43. The van der Waals surface area contributed by atoms with Crippen molar-refractivity contribution in [2.75, 3.05) is 0 Å². The van der Waals surface area contributed by atoms with Gasteiger partial charge in [0.25, 0.3) is 0 Å². The van der Waals surface area contributed by atoms with E-state index in [1.54, 1.807) is 20.8 Å². The van der Waals surface area contributed by atoms with Gasteiger partial charge in [0.1, 0.15) is 6.04 Å². The van der Waals surface area contributed by atoms with E-state index in [2.05, 4.69) is 4.79 Å². The molecule has 0 aromatic rings. The number of hydrogen-bond acceptors (Lipinski definition) is 6. The number of aliphatic carboxylic acids is 1. The van der Waals surface area contributed by atoms with Crippen LogP contribution >= 0.6 is 0 Å². The maximum atomic E-state index is 11.6. The normalized spacial score (nSPS) is 13.0. The molecule has 0 aliphatic heterocycles. The minimum absolute atomic E-state index is 0.231. The largest absolute Gasteiger partial charge is 0.480 e. The molecule has 0 fully saturated rings. The molecule has 0 aliphatic carbocycles. The predicted molar refractivity (Wildman–Crippen MR) is 80.0 cm³/mol. The van der Waals surface area contributed by atoms with Crippen LogP contribution in [0.25, 0.3) is 5.53 Å². The lowest BCUT2D eigenvalue weighted by atomic mass is 9.97. The van der Waals surface area contributed by atoms with Gasteiger partial charge in [-0.3, -0.25) is 9.59 Å². The highest BCUT2D eigenvalue weighted by Crippen LogP contribution is 2.16. The quantitative estimate of drug-likeness (QED) is 0.216. The van der Waals surface area contributed by atoms with Crippen LogP contribution in [0.1, 0.15) is 40.5 Å². The minimum atomic E-state index is -1.39. The average molecular weight is 343 g/mol. The highest BCUT2D eigenvalue weighted by molar-refractivity contribution is 6.25. The van der Waals surface area contributed by atoms with Crippen LogP contribution in [0.4, 0.5) is 4.79 Å². The zero-order valence-electron chi connectivity index (χ0n) is 13.9. The van der Waals surface area contributed by atoms with Crippen LogP contribution in [0.15, 0.2) is 0 Å². The Hall–Kier alpha value is -2.74. The third kappa shape index (κ3) is 8.64. The number of ether oxygens (including phenoxy) is 2. The first-order valence-corrected chi connectivity index (χ1v) is 7.08. The molecule has 24 heavy (non-hydrogen) atoms. The van der Waals surface area contributed by atoms with Crippen LogP contribution in [0.5, 0.6) is 0 Å². The zero-order chi connectivity index (χ0) is 18.9.